The molecule has 0 saturated heterocycles. The van der Waals surface area contributed by atoms with Crippen molar-refractivity contribution in [3.63, 3.8) is 0 Å². The molecule has 0 aromatic heterocycles. The van der Waals surface area contributed by atoms with Crippen LogP contribution in [0.25, 0.3) is 0 Å². The summed E-state index contributed by atoms with van der Waals surface area (Å²) >= 11 is 9.56. The van der Waals surface area contributed by atoms with Crippen LogP contribution in [0.5, 0.6) is 5.75 Å². The Morgan fingerprint density at radius 2 is 2.00 bits per heavy atom. The van der Waals surface area contributed by atoms with Crippen LogP contribution in [0.4, 0.5) is 0 Å². The Kier molecular flexibility index (Phi) is 5.46. The average molecular weight is 356 g/mol. The SMILES string of the molecule is CCOc1ccccc1C(O)Cc1ccc(Br)cc1Cl. The van der Waals surface area contributed by atoms with Gasteiger partial charge in [-0.2, -0.15) is 0 Å². The molecule has 1 unspecified atom stereocenters. The van der Waals surface area contributed by atoms with Gasteiger partial charge in [-0.1, -0.05) is 51.8 Å². The molecule has 0 heterocycles. The fraction of sp³-hybridized carbons (Fsp3) is 0.250. The first-order valence-corrected chi connectivity index (χ1v) is 7.62. The number of aliphatic hydroxyl groups excluding tert-OH is 1. The normalized spacial score (nSPS) is 12.2. The minimum Gasteiger partial charge on any atom is -0.493 e. The standard InChI is InChI=1S/C16H16BrClO2/c1-2-20-16-6-4-3-5-13(16)15(19)9-11-7-8-12(17)10-14(11)18/h3-8,10,15,19H,2,9H2,1H3. The van der Waals surface area contributed by atoms with Crippen molar-refractivity contribution >= 4 is 27.5 Å². The maximum absolute atomic E-state index is 10.4. The fourth-order valence-corrected chi connectivity index (χ4v) is 2.80. The Morgan fingerprint density at radius 3 is 2.70 bits per heavy atom. The minimum atomic E-state index is -0.642. The molecule has 20 heavy (non-hydrogen) atoms. The molecule has 2 aromatic rings. The number of benzene rings is 2. The van der Waals surface area contributed by atoms with E-state index in [0.717, 1.165) is 21.3 Å². The van der Waals surface area contributed by atoms with E-state index >= 15 is 0 Å². The first-order valence-electron chi connectivity index (χ1n) is 6.45. The summed E-state index contributed by atoms with van der Waals surface area (Å²) in [4.78, 5) is 0. The van der Waals surface area contributed by atoms with E-state index in [1.807, 2.05) is 49.4 Å². The topological polar surface area (TPSA) is 29.5 Å². The summed E-state index contributed by atoms with van der Waals surface area (Å²) in [5.74, 6) is 0.718. The van der Waals surface area contributed by atoms with Gasteiger partial charge in [0.2, 0.25) is 0 Å². The Labute approximate surface area is 132 Å². The van der Waals surface area contributed by atoms with Gasteiger partial charge >= 0.3 is 0 Å². The summed E-state index contributed by atoms with van der Waals surface area (Å²) < 4.78 is 6.47. The highest BCUT2D eigenvalue weighted by atomic mass is 79.9. The number of hydrogen-bond donors (Lipinski definition) is 1. The van der Waals surface area contributed by atoms with Crippen molar-refractivity contribution in [2.24, 2.45) is 0 Å². The lowest BCUT2D eigenvalue weighted by Crippen LogP contribution is -2.05. The second kappa shape index (κ2) is 7.11. The van der Waals surface area contributed by atoms with Gasteiger partial charge in [-0.25, -0.2) is 0 Å². The van der Waals surface area contributed by atoms with Crippen molar-refractivity contribution in [3.8, 4) is 5.75 Å². The van der Waals surface area contributed by atoms with E-state index in [1.54, 1.807) is 0 Å². The van der Waals surface area contributed by atoms with Crippen molar-refractivity contribution in [3.05, 3.63) is 63.1 Å². The van der Waals surface area contributed by atoms with E-state index in [-0.39, 0.29) is 0 Å². The molecule has 0 radical (unpaired) electrons. The van der Waals surface area contributed by atoms with Crippen molar-refractivity contribution in [2.75, 3.05) is 6.61 Å². The Hall–Kier alpha value is -1.03. The number of hydrogen-bond acceptors (Lipinski definition) is 2. The summed E-state index contributed by atoms with van der Waals surface area (Å²) in [6.45, 7) is 2.50. The molecule has 0 amide bonds. The Morgan fingerprint density at radius 1 is 1.25 bits per heavy atom. The van der Waals surface area contributed by atoms with Gasteiger partial charge in [-0.05, 0) is 30.7 Å². The van der Waals surface area contributed by atoms with E-state index in [4.69, 9.17) is 16.3 Å². The Balaban J connectivity index is 2.21. The molecule has 0 aliphatic heterocycles. The van der Waals surface area contributed by atoms with Crippen LogP contribution in [0.3, 0.4) is 0 Å². The van der Waals surface area contributed by atoms with Gasteiger partial charge in [0.05, 0.1) is 12.7 Å². The van der Waals surface area contributed by atoms with E-state index in [0.29, 0.717) is 18.1 Å². The van der Waals surface area contributed by atoms with Crippen LogP contribution in [0, 0.1) is 0 Å². The average Bonchev–Trinajstić information content (AvgIpc) is 2.43. The summed E-state index contributed by atoms with van der Waals surface area (Å²) in [5, 5.41) is 11.1. The number of halogens is 2. The van der Waals surface area contributed by atoms with Gasteiger partial charge in [-0.3, -0.25) is 0 Å². The van der Waals surface area contributed by atoms with Crippen molar-refractivity contribution < 1.29 is 9.84 Å². The van der Waals surface area contributed by atoms with E-state index in [2.05, 4.69) is 15.9 Å². The molecule has 1 atom stereocenters. The van der Waals surface area contributed by atoms with Gasteiger partial charge in [0, 0.05) is 21.5 Å². The predicted octanol–water partition coefficient (Wildman–Crippen LogP) is 4.78. The van der Waals surface area contributed by atoms with Crippen LogP contribution in [-0.4, -0.2) is 11.7 Å². The first-order chi connectivity index (χ1) is 9.61. The third kappa shape index (κ3) is 3.75. The molecule has 0 spiro atoms. The molecule has 0 aliphatic rings. The van der Waals surface area contributed by atoms with Gasteiger partial charge in [0.25, 0.3) is 0 Å². The lowest BCUT2D eigenvalue weighted by molar-refractivity contribution is 0.172. The van der Waals surface area contributed by atoms with Crippen molar-refractivity contribution in [1.82, 2.24) is 0 Å². The van der Waals surface area contributed by atoms with Crippen molar-refractivity contribution in [1.29, 1.82) is 0 Å². The molecular weight excluding hydrogens is 340 g/mol. The van der Waals surface area contributed by atoms with Crippen LogP contribution in [0.2, 0.25) is 5.02 Å². The molecule has 2 nitrogen and oxygen atoms in total. The lowest BCUT2D eigenvalue weighted by atomic mass is 10.0. The zero-order valence-electron chi connectivity index (χ0n) is 11.1. The summed E-state index contributed by atoms with van der Waals surface area (Å²) in [5.41, 5.74) is 1.70. The highest BCUT2D eigenvalue weighted by Crippen LogP contribution is 2.30. The molecule has 0 saturated carbocycles. The molecule has 0 aliphatic carbocycles. The number of rotatable bonds is 5. The van der Waals surface area contributed by atoms with E-state index in [1.165, 1.54) is 0 Å². The van der Waals surface area contributed by atoms with Gasteiger partial charge in [0.1, 0.15) is 5.75 Å². The third-order valence-corrected chi connectivity index (χ3v) is 3.85. The highest BCUT2D eigenvalue weighted by Gasteiger charge is 2.15. The minimum absolute atomic E-state index is 0.455. The quantitative estimate of drug-likeness (QED) is 0.836. The molecule has 106 valence electrons. The second-order valence-electron chi connectivity index (χ2n) is 4.43. The highest BCUT2D eigenvalue weighted by molar-refractivity contribution is 9.10. The smallest absolute Gasteiger partial charge is 0.125 e. The molecule has 2 rings (SSSR count). The maximum atomic E-state index is 10.4. The molecular formula is C16H16BrClO2. The van der Waals surface area contributed by atoms with E-state index in [9.17, 15) is 5.11 Å². The second-order valence-corrected chi connectivity index (χ2v) is 5.75. The first kappa shape index (κ1) is 15.4. The van der Waals surface area contributed by atoms with Gasteiger partial charge < -0.3 is 9.84 Å². The molecule has 0 bridgehead atoms. The molecule has 2 aromatic carbocycles. The largest absolute Gasteiger partial charge is 0.493 e. The lowest BCUT2D eigenvalue weighted by Gasteiger charge is -2.16. The monoisotopic (exact) mass is 354 g/mol. The zero-order chi connectivity index (χ0) is 14.5. The van der Waals surface area contributed by atoms with Gasteiger partial charge in [-0.15, -0.1) is 0 Å². The van der Waals surface area contributed by atoms with Crippen LogP contribution < -0.4 is 4.74 Å². The number of ether oxygens (including phenoxy) is 1. The molecule has 0 fully saturated rings. The van der Waals surface area contributed by atoms with E-state index < -0.39 is 6.10 Å². The summed E-state index contributed by atoms with van der Waals surface area (Å²) in [6.07, 6.45) is -0.188. The zero-order valence-corrected chi connectivity index (χ0v) is 13.5. The van der Waals surface area contributed by atoms with Crippen molar-refractivity contribution in [2.45, 2.75) is 19.4 Å². The van der Waals surface area contributed by atoms with Crippen LogP contribution in [0.15, 0.2) is 46.9 Å². The Bertz CT molecular complexity index is 586. The number of para-hydroxylation sites is 1. The van der Waals surface area contributed by atoms with Crippen LogP contribution in [-0.2, 0) is 6.42 Å². The summed E-state index contributed by atoms with van der Waals surface area (Å²) in [6, 6.07) is 13.2. The summed E-state index contributed by atoms with van der Waals surface area (Å²) in [7, 11) is 0. The van der Waals surface area contributed by atoms with Crippen LogP contribution >= 0.6 is 27.5 Å². The fourth-order valence-electron chi connectivity index (χ4n) is 2.05. The predicted molar refractivity (Wildman–Crippen MR) is 85.4 cm³/mol. The molecule has 1 N–H and O–H groups in total. The van der Waals surface area contributed by atoms with Crippen LogP contribution in [0.1, 0.15) is 24.2 Å². The maximum Gasteiger partial charge on any atom is 0.125 e. The number of aliphatic hydroxyl groups is 1. The van der Waals surface area contributed by atoms with Gasteiger partial charge in [0.15, 0.2) is 0 Å². The molecule has 4 heteroatoms. The third-order valence-electron chi connectivity index (χ3n) is 3.01.